The average Bonchev–Trinajstić information content (AvgIpc) is 3.30. The number of fused-ring (bicyclic) bond motifs is 1. The minimum Gasteiger partial charge on any atom is -0.361 e. The summed E-state index contributed by atoms with van der Waals surface area (Å²) < 4.78 is 3.84. The quantitative estimate of drug-likeness (QED) is 0.520. The van der Waals surface area contributed by atoms with Crippen molar-refractivity contribution in [2.75, 3.05) is 6.54 Å². The molecule has 1 amide bonds. The topological polar surface area (TPSA) is 70.7 Å². The van der Waals surface area contributed by atoms with Gasteiger partial charge in [0.2, 0.25) is 0 Å². The van der Waals surface area contributed by atoms with E-state index < -0.39 is 0 Å². The van der Waals surface area contributed by atoms with E-state index in [1.54, 1.807) is 6.92 Å². The second-order valence-electron chi connectivity index (χ2n) is 6.26. The van der Waals surface area contributed by atoms with Crippen LogP contribution in [0.1, 0.15) is 32.4 Å². The van der Waals surface area contributed by atoms with Gasteiger partial charge in [0.25, 0.3) is 5.91 Å². The second kappa shape index (κ2) is 7.50. The van der Waals surface area contributed by atoms with Gasteiger partial charge in [-0.05, 0) is 41.7 Å². The van der Waals surface area contributed by atoms with Crippen LogP contribution in [0.5, 0.6) is 0 Å². The number of amides is 1. The number of hydrogen-bond donors (Lipinski definition) is 2. The smallest absolute Gasteiger partial charge is 0.264 e. The van der Waals surface area contributed by atoms with Crippen LogP contribution in [0.15, 0.2) is 54.7 Å². The number of aromatic amines is 1. The minimum absolute atomic E-state index is 0.0833. The first-order valence-corrected chi connectivity index (χ1v) is 9.68. The van der Waals surface area contributed by atoms with E-state index in [9.17, 15) is 4.79 Å². The largest absolute Gasteiger partial charge is 0.361 e. The first-order chi connectivity index (χ1) is 13.1. The summed E-state index contributed by atoms with van der Waals surface area (Å²) in [6.45, 7) is 2.20. The number of nitrogens with zero attached hydrogens (tertiary/aromatic N) is 2. The lowest BCUT2D eigenvalue weighted by Crippen LogP contribution is -2.29. The molecule has 0 aliphatic rings. The van der Waals surface area contributed by atoms with E-state index in [-0.39, 0.29) is 11.8 Å². The molecule has 2 aromatic heterocycles. The highest BCUT2D eigenvalue weighted by Gasteiger charge is 2.22. The Morgan fingerprint density at radius 1 is 1.19 bits per heavy atom. The molecular weight excluding hydrogens is 380 g/mol. The second-order valence-corrected chi connectivity index (χ2v) is 7.42. The molecule has 2 N–H and O–H groups in total. The third kappa shape index (κ3) is 3.46. The minimum atomic E-state index is -0.167. The Morgan fingerprint density at radius 2 is 1.96 bits per heavy atom. The van der Waals surface area contributed by atoms with Crippen molar-refractivity contribution in [2.45, 2.75) is 12.8 Å². The van der Waals surface area contributed by atoms with Crippen molar-refractivity contribution in [3.8, 4) is 0 Å². The van der Waals surface area contributed by atoms with Gasteiger partial charge in [0.1, 0.15) is 4.88 Å². The van der Waals surface area contributed by atoms with E-state index in [1.165, 1.54) is 0 Å². The number of benzene rings is 2. The number of H-pyrrole nitrogens is 1. The van der Waals surface area contributed by atoms with Gasteiger partial charge < -0.3 is 10.3 Å². The fraction of sp³-hybridized carbons (Fsp3) is 0.150. The Bertz CT molecular complexity index is 1100. The van der Waals surface area contributed by atoms with E-state index >= 15 is 0 Å². The van der Waals surface area contributed by atoms with Crippen LogP contribution in [0.2, 0.25) is 5.02 Å². The van der Waals surface area contributed by atoms with Gasteiger partial charge in [-0.1, -0.05) is 52.5 Å². The predicted molar refractivity (Wildman–Crippen MR) is 109 cm³/mol. The van der Waals surface area contributed by atoms with Gasteiger partial charge in [0.05, 0.1) is 5.69 Å². The van der Waals surface area contributed by atoms with E-state index in [0.717, 1.165) is 33.6 Å². The normalized spacial score (nSPS) is 12.2. The molecule has 7 heteroatoms. The number of hydrogen-bond acceptors (Lipinski definition) is 4. The molecule has 0 fully saturated rings. The summed E-state index contributed by atoms with van der Waals surface area (Å²) in [6.07, 6.45) is 1.99. The Morgan fingerprint density at radius 3 is 2.74 bits per heavy atom. The van der Waals surface area contributed by atoms with Crippen LogP contribution in [-0.4, -0.2) is 27.0 Å². The van der Waals surface area contributed by atoms with Gasteiger partial charge in [-0.3, -0.25) is 4.79 Å². The van der Waals surface area contributed by atoms with Crippen LogP contribution >= 0.6 is 23.1 Å². The lowest BCUT2D eigenvalue weighted by atomic mass is 9.90. The molecule has 2 aromatic carbocycles. The van der Waals surface area contributed by atoms with Gasteiger partial charge in [-0.2, -0.15) is 0 Å². The van der Waals surface area contributed by atoms with Crippen LogP contribution in [0.4, 0.5) is 0 Å². The molecule has 0 radical (unpaired) electrons. The summed E-state index contributed by atoms with van der Waals surface area (Å²) in [5.41, 5.74) is 3.76. The number of rotatable bonds is 5. The summed E-state index contributed by atoms with van der Waals surface area (Å²) in [7, 11) is 0. The van der Waals surface area contributed by atoms with Gasteiger partial charge in [-0.15, -0.1) is 5.10 Å². The lowest BCUT2D eigenvalue weighted by Gasteiger charge is -2.19. The van der Waals surface area contributed by atoms with Crippen molar-refractivity contribution in [3.63, 3.8) is 0 Å². The fourth-order valence-electron chi connectivity index (χ4n) is 3.24. The molecule has 2 heterocycles. The van der Waals surface area contributed by atoms with Gasteiger partial charge >= 0.3 is 0 Å². The van der Waals surface area contributed by atoms with Gasteiger partial charge in [0, 0.05) is 34.6 Å². The molecule has 0 bridgehead atoms. The summed E-state index contributed by atoms with van der Waals surface area (Å²) in [5.74, 6) is -0.251. The van der Waals surface area contributed by atoms with Gasteiger partial charge in [0.15, 0.2) is 0 Å². The first-order valence-electron chi connectivity index (χ1n) is 8.52. The van der Waals surface area contributed by atoms with Crippen molar-refractivity contribution in [1.82, 2.24) is 19.9 Å². The third-order valence-corrected chi connectivity index (χ3v) is 5.77. The molecule has 0 saturated heterocycles. The molecule has 4 aromatic rings. The SMILES string of the molecule is Cc1nnsc1C(=O)NC[C@H](c1ccccc1Cl)c1c[nH]c2ccccc12. The molecule has 136 valence electrons. The Hall–Kier alpha value is -2.70. The Kier molecular flexibility index (Phi) is 4.92. The number of aryl methyl sites for hydroxylation is 1. The number of nitrogens with one attached hydrogen (secondary N) is 2. The lowest BCUT2D eigenvalue weighted by molar-refractivity contribution is 0.0955. The van der Waals surface area contributed by atoms with Crippen LogP contribution in [0.25, 0.3) is 10.9 Å². The molecule has 1 atom stereocenters. The molecule has 4 rings (SSSR count). The zero-order valence-corrected chi connectivity index (χ0v) is 16.1. The highest BCUT2D eigenvalue weighted by atomic mass is 35.5. The summed E-state index contributed by atoms with van der Waals surface area (Å²) in [6, 6.07) is 15.9. The van der Waals surface area contributed by atoms with E-state index in [0.29, 0.717) is 22.1 Å². The van der Waals surface area contributed by atoms with Crippen LogP contribution in [0, 0.1) is 6.92 Å². The van der Waals surface area contributed by atoms with E-state index in [1.807, 2.05) is 48.7 Å². The van der Waals surface area contributed by atoms with E-state index in [4.69, 9.17) is 11.6 Å². The molecular formula is C20H17ClN4OS. The maximum absolute atomic E-state index is 12.6. The Balaban J connectivity index is 1.70. The number of carbonyl (C=O) groups is 1. The van der Waals surface area contributed by atoms with Crippen LogP contribution < -0.4 is 5.32 Å². The fourth-order valence-corrected chi connectivity index (χ4v) is 4.08. The van der Waals surface area contributed by atoms with E-state index in [2.05, 4.69) is 26.0 Å². The number of halogens is 1. The summed E-state index contributed by atoms with van der Waals surface area (Å²) in [4.78, 5) is 16.4. The third-order valence-electron chi connectivity index (χ3n) is 4.60. The van der Waals surface area contributed by atoms with Crippen molar-refractivity contribution >= 4 is 39.9 Å². The summed E-state index contributed by atoms with van der Waals surface area (Å²) in [5, 5.41) is 8.73. The number of aromatic nitrogens is 3. The predicted octanol–water partition coefficient (Wildman–Crippen LogP) is 4.54. The zero-order valence-electron chi connectivity index (χ0n) is 14.6. The monoisotopic (exact) mass is 396 g/mol. The molecule has 0 unspecified atom stereocenters. The highest BCUT2D eigenvalue weighted by Crippen LogP contribution is 2.34. The molecule has 5 nitrogen and oxygen atoms in total. The zero-order chi connectivity index (χ0) is 18.8. The average molecular weight is 397 g/mol. The standard InChI is InChI=1S/C20H17ClN4OS/c1-12-19(27-25-24-12)20(26)23-11-15(13-6-2-4-8-17(13)21)16-10-22-18-9-5-3-7-14(16)18/h2-10,15,22H,11H2,1H3,(H,23,26)/t15-/m1/s1. The van der Waals surface area contributed by atoms with Crippen molar-refractivity contribution in [3.05, 3.63) is 81.4 Å². The molecule has 0 saturated carbocycles. The van der Waals surface area contributed by atoms with Gasteiger partial charge in [-0.25, -0.2) is 0 Å². The maximum atomic E-state index is 12.6. The van der Waals surface area contributed by atoms with Crippen LogP contribution in [-0.2, 0) is 0 Å². The highest BCUT2D eigenvalue weighted by molar-refractivity contribution is 7.08. The molecule has 0 spiro atoms. The van der Waals surface area contributed by atoms with Crippen LogP contribution in [0.3, 0.4) is 0 Å². The molecule has 0 aliphatic heterocycles. The van der Waals surface area contributed by atoms with Crippen molar-refractivity contribution in [2.24, 2.45) is 0 Å². The first kappa shape index (κ1) is 17.7. The summed E-state index contributed by atoms with van der Waals surface area (Å²) >= 11 is 7.59. The van der Waals surface area contributed by atoms with Crippen molar-refractivity contribution in [1.29, 1.82) is 0 Å². The number of para-hydroxylation sites is 1. The number of carbonyl (C=O) groups excluding carboxylic acids is 1. The Labute approximate surface area is 165 Å². The maximum Gasteiger partial charge on any atom is 0.264 e. The molecule has 0 aliphatic carbocycles. The molecule has 27 heavy (non-hydrogen) atoms. The van der Waals surface area contributed by atoms with Crippen molar-refractivity contribution < 1.29 is 4.79 Å².